The van der Waals surface area contributed by atoms with Crippen LogP contribution in [0, 0.1) is 5.92 Å². The Kier molecular flexibility index (Phi) is 6.46. The van der Waals surface area contributed by atoms with Gasteiger partial charge in [0.05, 0.1) is 0 Å². The summed E-state index contributed by atoms with van der Waals surface area (Å²) in [5, 5.41) is 11.7. The van der Waals surface area contributed by atoms with E-state index >= 15 is 0 Å². The minimum Gasteiger partial charge on any atom is -0.396 e. The average molecular weight is 227 g/mol. The molecule has 0 aromatic carbocycles. The summed E-state index contributed by atoms with van der Waals surface area (Å²) in [5.41, 5.74) is 0. The van der Waals surface area contributed by atoms with E-state index in [4.69, 9.17) is 5.11 Å². The van der Waals surface area contributed by atoms with Crippen molar-refractivity contribution in [2.75, 3.05) is 6.61 Å². The van der Waals surface area contributed by atoms with Gasteiger partial charge >= 0.3 is 0 Å². The van der Waals surface area contributed by atoms with Crippen LogP contribution >= 0.6 is 0 Å². The number of aliphatic hydroxyl groups excluding tert-OH is 1. The fourth-order valence-corrected chi connectivity index (χ4v) is 2.42. The third-order valence-electron chi connectivity index (χ3n) is 3.47. The molecule has 0 aliphatic heterocycles. The van der Waals surface area contributed by atoms with E-state index in [0.29, 0.717) is 12.8 Å². The van der Waals surface area contributed by atoms with Crippen LogP contribution in [-0.2, 0) is 4.79 Å². The van der Waals surface area contributed by atoms with Crippen molar-refractivity contribution in [3.05, 3.63) is 0 Å². The number of hydrogen-bond acceptors (Lipinski definition) is 2. The lowest BCUT2D eigenvalue weighted by Crippen LogP contribution is -2.33. The largest absolute Gasteiger partial charge is 0.396 e. The molecule has 1 aliphatic carbocycles. The van der Waals surface area contributed by atoms with Gasteiger partial charge in [0.1, 0.15) is 0 Å². The minimum absolute atomic E-state index is 0.101. The van der Waals surface area contributed by atoms with E-state index in [9.17, 15) is 4.79 Å². The lowest BCUT2D eigenvalue weighted by atomic mass is 9.86. The molecule has 1 saturated carbocycles. The molecule has 1 rings (SSSR count). The SMILES string of the molecule is C[C@H](CCO)NC(=O)CCC1CCCCC1. The van der Waals surface area contributed by atoms with Gasteiger partial charge in [0.15, 0.2) is 0 Å². The van der Waals surface area contributed by atoms with Gasteiger partial charge in [0.2, 0.25) is 5.91 Å². The van der Waals surface area contributed by atoms with Crippen LogP contribution in [0.1, 0.15) is 58.3 Å². The quantitative estimate of drug-likeness (QED) is 0.731. The highest BCUT2D eigenvalue weighted by atomic mass is 16.3. The highest BCUT2D eigenvalue weighted by molar-refractivity contribution is 5.76. The molecular weight excluding hydrogens is 202 g/mol. The van der Waals surface area contributed by atoms with Gasteiger partial charge in [-0.05, 0) is 25.7 Å². The molecule has 1 amide bonds. The second-order valence-corrected chi connectivity index (χ2v) is 5.02. The summed E-state index contributed by atoms with van der Waals surface area (Å²) in [6, 6.07) is 0.101. The minimum atomic E-state index is 0.101. The highest BCUT2D eigenvalue weighted by Crippen LogP contribution is 2.27. The van der Waals surface area contributed by atoms with Crippen molar-refractivity contribution in [2.45, 2.75) is 64.3 Å². The van der Waals surface area contributed by atoms with Crippen LogP contribution in [0.3, 0.4) is 0 Å². The van der Waals surface area contributed by atoms with Crippen LogP contribution in [0.5, 0.6) is 0 Å². The molecule has 94 valence electrons. The number of aliphatic hydroxyl groups is 1. The lowest BCUT2D eigenvalue weighted by Gasteiger charge is -2.21. The fraction of sp³-hybridized carbons (Fsp3) is 0.923. The Morgan fingerprint density at radius 2 is 2.06 bits per heavy atom. The maximum absolute atomic E-state index is 11.6. The van der Waals surface area contributed by atoms with Gasteiger partial charge < -0.3 is 10.4 Å². The molecule has 1 fully saturated rings. The molecule has 1 atom stereocenters. The van der Waals surface area contributed by atoms with Gasteiger partial charge in [-0.15, -0.1) is 0 Å². The molecule has 0 bridgehead atoms. The number of carbonyl (C=O) groups is 1. The van der Waals surface area contributed by atoms with Crippen molar-refractivity contribution in [3.63, 3.8) is 0 Å². The molecule has 0 unspecified atom stereocenters. The predicted octanol–water partition coefficient (Wildman–Crippen LogP) is 2.23. The van der Waals surface area contributed by atoms with Gasteiger partial charge in [-0.2, -0.15) is 0 Å². The van der Waals surface area contributed by atoms with Gasteiger partial charge in [-0.3, -0.25) is 4.79 Å². The first kappa shape index (κ1) is 13.5. The molecule has 3 heteroatoms. The van der Waals surface area contributed by atoms with Crippen molar-refractivity contribution in [3.8, 4) is 0 Å². The van der Waals surface area contributed by atoms with Gasteiger partial charge in [-0.25, -0.2) is 0 Å². The Morgan fingerprint density at radius 1 is 1.38 bits per heavy atom. The zero-order chi connectivity index (χ0) is 11.8. The molecule has 0 radical (unpaired) electrons. The Balaban J connectivity index is 2.09. The van der Waals surface area contributed by atoms with Crippen molar-refractivity contribution < 1.29 is 9.90 Å². The topological polar surface area (TPSA) is 49.3 Å². The van der Waals surface area contributed by atoms with Crippen LogP contribution in [0.25, 0.3) is 0 Å². The number of hydrogen-bond donors (Lipinski definition) is 2. The highest BCUT2D eigenvalue weighted by Gasteiger charge is 2.15. The smallest absolute Gasteiger partial charge is 0.220 e. The summed E-state index contributed by atoms with van der Waals surface area (Å²) in [6.45, 7) is 2.08. The number of rotatable bonds is 6. The van der Waals surface area contributed by atoms with E-state index in [1.165, 1.54) is 32.1 Å². The van der Waals surface area contributed by atoms with Crippen LogP contribution in [0.4, 0.5) is 0 Å². The standard InChI is InChI=1S/C13H25NO2/c1-11(9-10-15)14-13(16)8-7-12-5-3-2-4-6-12/h11-12,15H,2-10H2,1H3,(H,14,16)/t11-/m1/s1. The molecular formula is C13H25NO2. The molecule has 0 spiro atoms. The zero-order valence-corrected chi connectivity index (χ0v) is 10.4. The molecule has 0 heterocycles. The molecule has 16 heavy (non-hydrogen) atoms. The predicted molar refractivity (Wildman–Crippen MR) is 65.1 cm³/mol. The third kappa shape index (κ3) is 5.50. The third-order valence-corrected chi connectivity index (χ3v) is 3.47. The molecule has 0 aromatic heterocycles. The van der Waals surface area contributed by atoms with Gasteiger partial charge in [0.25, 0.3) is 0 Å². The normalized spacial score (nSPS) is 19.4. The van der Waals surface area contributed by atoms with E-state index in [1.807, 2.05) is 6.92 Å². The molecule has 0 aromatic rings. The number of amides is 1. The van der Waals surface area contributed by atoms with E-state index in [2.05, 4.69) is 5.32 Å². The van der Waals surface area contributed by atoms with E-state index in [-0.39, 0.29) is 18.6 Å². The van der Waals surface area contributed by atoms with Crippen LogP contribution in [0.2, 0.25) is 0 Å². The molecule has 0 saturated heterocycles. The van der Waals surface area contributed by atoms with Gasteiger partial charge in [-0.1, -0.05) is 32.1 Å². The van der Waals surface area contributed by atoms with Crippen molar-refractivity contribution in [1.82, 2.24) is 5.32 Å². The lowest BCUT2D eigenvalue weighted by molar-refractivity contribution is -0.122. The maximum Gasteiger partial charge on any atom is 0.220 e. The summed E-state index contributed by atoms with van der Waals surface area (Å²) in [7, 11) is 0. The second kappa shape index (κ2) is 7.66. The van der Waals surface area contributed by atoms with Crippen molar-refractivity contribution >= 4 is 5.91 Å². The summed E-state index contributed by atoms with van der Waals surface area (Å²) in [4.78, 5) is 11.6. The Bertz CT molecular complexity index is 200. The maximum atomic E-state index is 11.6. The first-order valence-corrected chi connectivity index (χ1v) is 6.62. The summed E-state index contributed by atoms with van der Waals surface area (Å²) < 4.78 is 0. The van der Waals surface area contributed by atoms with Crippen molar-refractivity contribution in [1.29, 1.82) is 0 Å². The Hall–Kier alpha value is -0.570. The fourth-order valence-electron chi connectivity index (χ4n) is 2.42. The first-order chi connectivity index (χ1) is 7.72. The van der Waals surface area contributed by atoms with Crippen LogP contribution < -0.4 is 5.32 Å². The van der Waals surface area contributed by atoms with Crippen LogP contribution in [0.15, 0.2) is 0 Å². The van der Waals surface area contributed by atoms with E-state index in [1.54, 1.807) is 0 Å². The average Bonchev–Trinajstić information content (AvgIpc) is 2.28. The molecule has 3 nitrogen and oxygen atoms in total. The number of nitrogens with one attached hydrogen (secondary N) is 1. The van der Waals surface area contributed by atoms with E-state index in [0.717, 1.165) is 12.3 Å². The van der Waals surface area contributed by atoms with Crippen molar-refractivity contribution in [2.24, 2.45) is 5.92 Å². The molecule has 1 aliphatic rings. The Labute approximate surface area is 98.6 Å². The summed E-state index contributed by atoms with van der Waals surface area (Å²) in [5.74, 6) is 0.916. The summed E-state index contributed by atoms with van der Waals surface area (Å²) in [6.07, 6.45) is 9.00. The second-order valence-electron chi connectivity index (χ2n) is 5.02. The number of carbonyl (C=O) groups excluding carboxylic acids is 1. The van der Waals surface area contributed by atoms with Gasteiger partial charge in [0, 0.05) is 19.1 Å². The summed E-state index contributed by atoms with van der Waals surface area (Å²) >= 11 is 0. The Morgan fingerprint density at radius 3 is 2.69 bits per heavy atom. The zero-order valence-electron chi connectivity index (χ0n) is 10.4. The van der Waals surface area contributed by atoms with Crippen LogP contribution in [-0.4, -0.2) is 23.7 Å². The van der Waals surface area contributed by atoms with E-state index < -0.39 is 0 Å². The molecule has 2 N–H and O–H groups in total. The first-order valence-electron chi connectivity index (χ1n) is 6.62. The monoisotopic (exact) mass is 227 g/mol.